The normalized spacial score (nSPS) is 12.8. The number of carbonyl (C=O) groups excluding carboxylic acids is 2. The molecule has 0 spiro atoms. The molecule has 0 unspecified atom stereocenters. The second-order valence-electron chi connectivity index (χ2n) is 8.65. The molecule has 0 aliphatic carbocycles. The number of aromatic amines is 1. The number of fused-ring (bicyclic) bond motifs is 5. The van der Waals surface area contributed by atoms with Crippen molar-refractivity contribution >= 4 is 17.4 Å². The van der Waals surface area contributed by atoms with Crippen molar-refractivity contribution in [3.8, 4) is 22.5 Å². The third-order valence-corrected chi connectivity index (χ3v) is 5.83. The lowest BCUT2D eigenvalue weighted by atomic mass is 9.95. The van der Waals surface area contributed by atoms with Crippen LogP contribution < -0.4 is 9.58 Å². The number of anilines is 1. The van der Waals surface area contributed by atoms with Gasteiger partial charge >= 0.3 is 0 Å². The molecule has 31 heavy (non-hydrogen) atoms. The first-order valence-corrected chi connectivity index (χ1v) is 10.9. The van der Waals surface area contributed by atoms with E-state index in [1.807, 2.05) is 50.2 Å². The summed E-state index contributed by atoms with van der Waals surface area (Å²) in [4.78, 5) is 27.3. The van der Waals surface area contributed by atoms with Crippen LogP contribution in [0.15, 0.2) is 48.5 Å². The van der Waals surface area contributed by atoms with Gasteiger partial charge in [0, 0.05) is 29.4 Å². The molecule has 6 nitrogen and oxygen atoms in total. The summed E-state index contributed by atoms with van der Waals surface area (Å²) >= 11 is 0. The largest absolute Gasteiger partial charge is 0.307 e. The van der Waals surface area contributed by atoms with Crippen molar-refractivity contribution in [2.24, 2.45) is 5.92 Å². The van der Waals surface area contributed by atoms with E-state index in [1.165, 1.54) is 0 Å². The fraction of sp³-hybridized carbons (Fsp3) is 0.360. The summed E-state index contributed by atoms with van der Waals surface area (Å²) in [7, 11) is 0. The number of nitrogens with zero attached hydrogens (tertiary/aromatic N) is 3. The van der Waals surface area contributed by atoms with Gasteiger partial charge in [-0.3, -0.25) is 9.59 Å². The Kier molecular flexibility index (Phi) is 5.72. The van der Waals surface area contributed by atoms with E-state index in [4.69, 9.17) is 0 Å². The number of Topliss-reactive ketones (excluding diaryl/α,β-unsaturated/α-hetero) is 1. The summed E-state index contributed by atoms with van der Waals surface area (Å²) in [6, 6.07) is 16.2. The molecular weight excluding hydrogens is 388 g/mol. The van der Waals surface area contributed by atoms with E-state index >= 15 is 0 Å². The molecule has 0 atom stereocenters. The lowest BCUT2D eigenvalue weighted by Crippen LogP contribution is -2.41. The lowest BCUT2D eigenvalue weighted by Gasteiger charge is -2.27. The van der Waals surface area contributed by atoms with Crippen molar-refractivity contribution in [2.45, 2.75) is 53.1 Å². The first-order valence-electron chi connectivity index (χ1n) is 10.9. The molecule has 0 fully saturated rings. The number of nitrogens with one attached hydrogen (secondary N) is 1. The van der Waals surface area contributed by atoms with Crippen molar-refractivity contribution < 1.29 is 14.3 Å². The van der Waals surface area contributed by atoms with Gasteiger partial charge in [0.05, 0.1) is 17.8 Å². The van der Waals surface area contributed by atoms with Gasteiger partial charge in [0.15, 0.2) is 0 Å². The molecule has 0 radical (unpaired) electrons. The summed E-state index contributed by atoms with van der Waals surface area (Å²) < 4.78 is 2.07. The number of amides is 1. The molecule has 4 rings (SSSR count). The number of aromatic nitrogens is 3. The predicted molar refractivity (Wildman–Crippen MR) is 120 cm³/mol. The van der Waals surface area contributed by atoms with E-state index in [0.29, 0.717) is 6.54 Å². The summed E-state index contributed by atoms with van der Waals surface area (Å²) in [6.45, 7) is 8.43. The highest BCUT2D eigenvalue weighted by atomic mass is 16.2. The van der Waals surface area contributed by atoms with E-state index in [2.05, 4.69) is 41.0 Å². The quantitative estimate of drug-likeness (QED) is 0.623. The Labute approximate surface area is 182 Å². The zero-order valence-electron chi connectivity index (χ0n) is 18.6. The highest BCUT2D eigenvalue weighted by Gasteiger charge is 2.34. The third-order valence-electron chi connectivity index (χ3n) is 5.83. The smallest absolute Gasteiger partial charge is 0.258 e. The Morgan fingerprint density at radius 2 is 1.68 bits per heavy atom. The van der Waals surface area contributed by atoms with Crippen LogP contribution in [0.4, 0.5) is 5.69 Å². The van der Waals surface area contributed by atoms with Crippen LogP contribution in [0, 0.1) is 5.92 Å². The van der Waals surface area contributed by atoms with Crippen LogP contribution in [0.5, 0.6) is 0 Å². The zero-order valence-corrected chi connectivity index (χ0v) is 18.6. The molecule has 1 N–H and O–H groups in total. The van der Waals surface area contributed by atoms with Gasteiger partial charge in [0.25, 0.3) is 5.69 Å². The molecule has 2 aromatic carbocycles. The van der Waals surface area contributed by atoms with Crippen LogP contribution in [-0.2, 0) is 16.1 Å². The molecule has 1 aliphatic heterocycles. The van der Waals surface area contributed by atoms with Crippen molar-refractivity contribution in [1.29, 1.82) is 0 Å². The molecule has 3 aromatic rings. The van der Waals surface area contributed by atoms with E-state index < -0.39 is 0 Å². The monoisotopic (exact) mass is 417 g/mol. The molecule has 0 saturated heterocycles. The Balaban J connectivity index is 1.86. The van der Waals surface area contributed by atoms with Gasteiger partial charge in [-0.1, -0.05) is 55.5 Å². The fourth-order valence-corrected chi connectivity index (χ4v) is 4.07. The summed E-state index contributed by atoms with van der Waals surface area (Å²) in [5.41, 5.74) is 5.70. The standard InChI is InChI=1S/C25H28N4O2/c1-16(2)22(30)13-14-23(31)28-15-18-9-5-6-10-19(18)25-24(26-27-29(25)17(3)4)20-11-7-8-12-21(20)28/h5-12,16-17H,13-15H2,1-4H3/p+1. The van der Waals surface area contributed by atoms with Crippen LogP contribution in [-0.4, -0.2) is 22.0 Å². The van der Waals surface area contributed by atoms with Crippen LogP contribution >= 0.6 is 0 Å². The molecule has 1 aliphatic rings. The average molecular weight is 418 g/mol. The number of carbonyl (C=O) groups is 2. The van der Waals surface area contributed by atoms with Gasteiger partial charge in [0.2, 0.25) is 11.6 Å². The fourth-order valence-electron chi connectivity index (χ4n) is 4.07. The van der Waals surface area contributed by atoms with E-state index in [-0.39, 0.29) is 36.5 Å². The van der Waals surface area contributed by atoms with Crippen molar-refractivity contribution in [1.82, 2.24) is 10.3 Å². The number of hydrogen-bond donors (Lipinski definition) is 1. The molecule has 6 heteroatoms. The first-order chi connectivity index (χ1) is 14.9. The SMILES string of the molecule is CC(C)C(=O)CCC(=O)N1Cc2ccccc2-c2c(n[nH][n+]2C(C)C)-c2ccccc21. The first kappa shape index (κ1) is 21.0. The molecule has 1 amide bonds. The van der Waals surface area contributed by atoms with Crippen molar-refractivity contribution in [3.05, 3.63) is 54.1 Å². The molecular formula is C25H29N4O2+. The van der Waals surface area contributed by atoms with Gasteiger partial charge in [-0.05, 0) is 31.5 Å². The third kappa shape index (κ3) is 3.90. The minimum atomic E-state index is -0.0637. The van der Waals surface area contributed by atoms with Crippen LogP contribution in [0.1, 0.15) is 52.1 Å². The van der Waals surface area contributed by atoms with E-state index in [9.17, 15) is 9.59 Å². The van der Waals surface area contributed by atoms with Crippen molar-refractivity contribution in [2.75, 3.05) is 4.90 Å². The Bertz CT molecular complexity index is 1130. The number of rotatable bonds is 5. The van der Waals surface area contributed by atoms with Gasteiger partial charge in [0.1, 0.15) is 11.8 Å². The van der Waals surface area contributed by atoms with Gasteiger partial charge in [-0.25, -0.2) is 0 Å². The molecule has 160 valence electrons. The Hall–Kier alpha value is -3.28. The second kappa shape index (κ2) is 8.46. The zero-order chi connectivity index (χ0) is 22.1. The Morgan fingerprint density at radius 3 is 2.39 bits per heavy atom. The maximum absolute atomic E-state index is 13.3. The maximum Gasteiger partial charge on any atom is 0.258 e. The lowest BCUT2D eigenvalue weighted by molar-refractivity contribution is -0.761. The minimum Gasteiger partial charge on any atom is -0.307 e. The molecule has 1 aromatic heterocycles. The molecule has 0 bridgehead atoms. The highest BCUT2D eigenvalue weighted by molar-refractivity contribution is 6.01. The average Bonchev–Trinajstić information content (AvgIpc) is 3.19. The number of para-hydroxylation sites is 1. The van der Waals surface area contributed by atoms with Crippen LogP contribution in [0.2, 0.25) is 0 Å². The number of H-pyrrole nitrogens is 1. The predicted octanol–water partition coefficient (Wildman–Crippen LogP) is 4.46. The topological polar surface area (TPSA) is 69.9 Å². The molecule has 2 heterocycles. The van der Waals surface area contributed by atoms with E-state index in [1.54, 1.807) is 4.90 Å². The second-order valence-corrected chi connectivity index (χ2v) is 8.65. The van der Waals surface area contributed by atoms with Crippen molar-refractivity contribution in [3.63, 3.8) is 0 Å². The van der Waals surface area contributed by atoms with Gasteiger partial charge in [-0.2, -0.15) is 4.68 Å². The van der Waals surface area contributed by atoms with E-state index in [0.717, 1.165) is 33.8 Å². The summed E-state index contributed by atoms with van der Waals surface area (Å²) in [5, 5.41) is 7.83. The van der Waals surface area contributed by atoms with Gasteiger partial charge in [-0.15, -0.1) is 0 Å². The van der Waals surface area contributed by atoms with Crippen LogP contribution in [0.3, 0.4) is 0 Å². The number of ketones is 1. The number of benzene rings is 2. The van der Waals surface area contributed by atoms with Gasteiger partial charge < -0.3 is 4.90 Å². The summed E-state index contributed by atoms with van der Waals surface area (Å²) in [6.07, 6.45) is 0.463. The van der Waals surface area contributed by atoms with Crippen LogP contribution in [0.25, 0.3) is 22.5 Å². The summed E-state index contributed by atoms with van der Waals surface area (Å²) in [5.74, 6) is -0.000133. The molecule has 0 saturated carbocycles. The Morgan fingerprint density at radius 1 is 1.00 bits per heavy atom. The number of hydrogen-bond acceptors (Lipinski definition) is 3. The minimum absolute atomic E-state index is 0.0491. The maximum atomic E-state index is 13.3. The highest BCUT2D eigenvalue weighted by Crippen LogP contribution is 2.39.